The largest absolute Gasteiger partial charge is 0.486 e. The Hall–Kier alpha value is -1.89. The minimum Gasteiger partial charge on any atom is -0.486 e. The molecule has 0 radical (unpaired) electrons. The van der Waals surface area contributed by atoms with E-state index in [1.807, 2.05) is 42.5 Å². The molecule has 1 amide bonds. The maximum Gasteiger partial charge on any atom is 0.228 e. The summed E-state index contributed by atoms with van der Waals surface area (Å²) < 4.78 is 11.3. The fourth-order valence-electron chi connectivity index (χ4n) is 2.23. The fourth-order valence-corrected chi connectivity index (χ4v) is 3.16. The number of fused-ring (bicyclic) bond motifs is 1. The molecular weight excluding hydrogens is 360 g/mol. The molecule has 134 valence electrons. The number of nitrogens with one attached hydrogen (secondary N) is 1. The molecule has 0 aliphatic carbocycles. The number of nitrogens with two attached hydrogens (primary N) is 1. The van der Waals surface area contributed by atoms with E-state index in [1.165, 1.54) is 0 Å². The van der Waals surface area contributed by atoms with E-state index in [0.29, 0.717) is 36.9 Å². The second-order valence-electron chi connectivity index (χ2n) is 5.53. The van der Waals surface area contributed by atoms with Gasteiger partial charge in [0.2, 0.25) is 5.91 Å². The van der Waals surface area contributed by atoms with Crippen molar-refractivity contribution in [1.82, 2.24) is 0 Å². The van der Waals surface area contributed by atoms with Crippen LogP contribution in [-0.2, 0) is 4.79 Å². The summed E-state index contributed by atoms with van der Waals surface area (Å²) >= 11 is 1.57. The van der Waals surface area contributed by atoms with Crippen LogP contribution >= 0.6 is 24.2 Å². The van der Waals surface area contributed by atoms with Crippen LogP contribution in [0.15, 0.2) is 52.3 Å². The van der Waals surface area contributed by atoms with Crippen molar-refractivity contribution < 1.29 is 14.3 Å². The van der Waals surface area contributed by atoms with Gasteiger partial charge in [0, 0.05) is 34.4 Å². The third-order valence-electron chi connectivity index (χ3n) is 3.67. The van der Waals surface area contributed by atoms with E-state index in [9.17, 15) is 4.79 Å². The number of ether oxygens (including phenoxy) is 2. The SMILES string of the molecule is CC(CN)C(=O)Nc1cc2c(cc1Sc1ccccc1)OCCO2.Cl. The highest BCUT2D eigenvalue weighted by molar-refractivity contribution is 7.99. The van der Waals surface area contributed by atoms with Crippen molar-refractivity contribution in [3.05, 3.63) is 42.5 Å². The van der Waals surface area contributed by atoms with E-state index >= 15 is 0 Å². The predicted molar refractivity (Wildman–Crippen MR) is 102 cm³/mol. The molecule has 0 saturated heterocycles. The normalized spacial score (nSPS) is 13.5. The highest BCUT2D eigenvalue weighted by Crippen LogP contribution is 2.42. The Morgan fingerprint density at radius 1 is 1.20 bits per heavy atom. The van der Waals surface area contributed by atoms with E-state index in [2.05, 4.69) is 5.32 Å². The van der Waals surface area contributed by atoms with Gasteiger partial charge < -0.3 is 20.5 Å². The monoisotopic (exact) mass is 380 g/mol. The van der Waals surface area contributed by atoms with E-state index in [-0.39, 0.29) is 24.2 Å². The van der Waals surface area contributed by atoms with Crippen LogP contribution in [0.5, 0.6) is 11.5 Å². The summed E-state index contributed by atoms with van der Waals surface area (Å²) in [7, 11) is 0. The number of rotatable bonds is 5. The molecule has 1 unspecified atom stereocenters. The van der Waals surface area contributed by atoms with Gasteiger partial charge in [-0.15, -0.1) is 12.4 Å². The third kappa shape index (κ3) is 4.81. The lowest BCUT2D eigenvalue weighted by Gasteiger charge is -2.22. The Labute approximate surface area is 157 Å². The van der Waals surface area contributed by atoms with Crippen molar-refractivity contribution >= 4 is 35.8 Å². The zero-order chi connectivity index (χ0) is 16.9. The van der Waals surface area contributed by atoms with E-state index in [1.54, 1.807) is 18.7 Å². The molecule has 1 aliphatic rings. The second-order valence-corrected chi connectivity index (χ2v) is 6.65. The number of hydrogen-bond acceptors (Lipinski definition) is 5. The standard InChI is InChI=1S/C18H20N2O3S.ClH/c1-12(11-19)18(21)20-14-9-15-16(23-8-7-22-15)10-17(14)24-13-5-3-2-4-6-13;/h2-6,9-10,12H,7-8,11,19H2,1H3,(H,20,21);1H. The smallest absolute Gasteiger partial charge is 0.228 e. The van der Waals surface area contributed by atoms with Gasteiger partial charge in [-0.2, -0.15) is 0 Å². The Bertz CT molecular complexity index is 728. The summed E-state index contributed by atoms with van der Waals surface area (Å²) in [5, 5.41) is 2.96. The number of benzene rings is 2. The molecule has 0 saturated carbocycles. The Morgan fingerprint density at radius 3 is 2.48 bits per heavy atom. The van der Waals surface area contributed by atoms with Gasteiger partial charge in [0.25, 0.3) is 0 Å². The van der Waals surface area contributed by atoms with Gasteiger partial charge in [-0.1, -0.05) is 36.9 Å². The minimum absolute atomic E-state index is 0. The van der Waals surface area contributed by atoms with Crippen molar-refractivity contribution in [3.63, 3.8) is 0 Å². The Morgan fingerprint density at radius 2 is 1.84 bits per heavy atom. The van der Waals surface area contributed by atoms with E-state index < -0.39 is 0 Å². The second kappa shape index (κ2) is 8.99. The van der Waals surface area contributed by atoms with Gasteiger partial charge in [-0.05, 0) is 12.1 Å². The lowest BCUT2D eigenvalue weighted by Crippen LogP contribution is -2.27. The summed E-state index contributed by atoms with van der Waals surface area (Å²) in [6.45, 7) is 3.14. The highest BCUT2D eigenvalue weighted by atomic mass is 35.5. The third-order valence-corrected chi connectivity index (χ3v) is 4.74. The molecule has 3 N–H and O–H groups in total. The first kappa shape index (κ1) is 19.4. The average Bonchev–Trinajstić information content (AvgIpc) is 2.62. The molecule has 0 aromatic heterocycles. The molecule has 0 bridgehead atoms. The van der Waals surface area contributed by atoms with Crippen LogP contribution in [0.3, 0.4) is 0 Å². The lowest BCUT2D eigenvalue weighted by atomic mass is 10.1. The summed E-state index contributed by atoms with van der Waals surface area (Å²) in [5.41, 5.74) is 6.30. The lowest BCUT2D eigenvalue weighted by molar-refractivity contribution is -0.119. The molecule has 7 heteroatoms. The first-order valence-electron chi connectivity index (χ1n) is 7.85. The van der Waals surface area contributed by atoms with Crippen LogP contribution in [-0.4, -0.2) is 25.7 Å². The predicted octanol–water partition coefficient (Wildman–Crippen LogP) is 3.56. The van der Waals surface area contributed by atoms with Crippen LogP contribution in [0.25, 0.3) is 0 Å². The number of halogens is 1. The molecule has 1 aliphatic heterocycles. The molecule has 0 spiro atoms. The zero-order valence-electron chi connectivity index (χ0n) is 13.9. The van der Waals surface area contributed by atoms with Crippen LogP contribution < -0.4 is 20.5 Å². The molecule has 3 rings (SSSR count). The van der Waals surface area contributed by atoms with Gasteiger partial charge >= 0.3 is 0 Å². The number of hydrogen-bond donors (Lipinski definition) is 2. The van der Waals surface area contributed by atoms with Crippen molar-refractivity contribution in [2.24, 2.45) is 11.7 Å². The molecule has 0 fully saturated rings. The quantitative estimate of drug-likeness (QED) is 0.829. The summed E-state index contributed by atoms with van der Waals surface area (Å²) in [6.07, 6.45) is 0. The highest BCUT2D eigenvalue weighted by Gasteiger charge is 2.19. The van der Waals surface area contributed by atoms with Gasteiger partial charge in [0.1, 0.15) is 13.2 Å². The number of carbonyl (C=O) groups excluding carboxylic acids is 1. The van der Waals surface area contributed by atoms with Crippen LogP contribution in [0.1, 0.15) is 6.92 Å². The minimum atomic E-state index is -0.257. The first-order chi connectivity index (χ1) is 11.7. The van der Waals surface area contributed by atoms with Crippen molar-refractivity contribution in [3.8, 4) is 11.5 Å². The summed E-state index contributed by atoms with van der Waals surface area (Å²) in [4.78, 5) is 14.2. The van der Waals surface area contributed by atoms with Crippen LogP contribution in [0, 0.1) is 5.92 Å². The maximum absolute atomic E-state index is 12.2. The molecule has 25 heavy (non-hydrogen) atoms. The molecule has 1 atom stereocenters. The molecular formula is C18H21ClN2O3S. The van der Waals surface area contributed by atoms with Gasteiger partial charge in [-0.25, -0.2) is 0 Å². The summed E-state index contributed by atoms with van der Waals surface area (Å²) in [6, 6.07) is 13.7. The van der Waals surface area contributed by atoms with E-state index in [4.69, 9.17) is 15.2 Å². The number of carbonyl (C=O) groups is 1. The van der Waals surface area contributed by atoms with Crippen molar-refractivity contribution in [2.45, 2.75) is 16.7 Å². The van der Waals surface area contributed by atoms with Gasteiger partial charge in [-0.3, -0.25) is 4.79 Å². The zero-order valence-corrected chi connectivity index (χ0v) is 15.5. The number of anilines is 1. The van der Waals surface area contributed by atoms with Gasteiger partial charge in [0.15, 0.2) is 11.5 Å². The first-order valence-corrected chi connectivity index (χ1v) is 8.66. The van der Waals surface area contributed by atoms with Gasteiger partial charge in [0.05, 0.1) is 5.69 Å². The van der Waals surface area contributed by atoms with Crippen molar-refractivity contribution in [1.29, 1.82) is 0 Å². The van der Waals surface area contributed by atoms with Crippen molar-refractivity contribution in [2.75, 3.05) is 25.1 Å². The summed E-state index contributed by atoms with van der Waals surface area (Å²) in [5.74, 6) is 0.982. The van der Waals surface area contributed by atoms with Crippen LogP contribution in [0.2, 0.25) is 0 Å². The number of amides is 1. The Balaban J connectivity index is 0.00000225. The topological polar surface area (TPSA) is 73.6 Å². The van der Waals surface area contributed by atoms with Crippen LogP contribution in [0.4, 0.5) is 5.69 Å². The average molecular weight is 381 g/mol. The molecule has 2 aromatic carbocycles. The Kier molecular flexibility index (Phi) is 6.99. The van der Waals surface area contributed by atoms with E-state index in [0.717, 1.165) is 9.79 Å². The fraction of sp³-hybridized carbons (Fsp3) is 0.278. The molecule has 1 heterocycles. The molecule has 5 nitrogen and oxygen atoms in total. The maximum atomic E-state index is 12.2. The molecule has 2 aromatic rings.